The SMILES string of the molecule is O=C(NC1(CO)CCC1)c1ccc(Cl)cc1. The summed E-state index contributed by atoms with van der Waals surface area (Å²) < 4.78 is 0. The summed E-state index contributed by atoms with van der Waals surface area (Å²) in [5.41, 5.74) is 0.181. The predicted molar refractivity (Wildman–Crippen MR) is 62.6 cm³/mol. The molecule has 0 aliphatic heterocycles. The van der Waals surface area contributed by atoms with Gasteiger partial charge in [-0.3, -0.25) is 4.79 Å². The second-order valence-electron chi connectivity index (χ2n) is 4.25. The van der Waals surface area contributed by atoms with Crippen molar-refractivity contribution in [1.29, 1.82) is 0 Å². The Kier molecular flexibility index (Phi) is 3.17. The van der Waals surface area contributed by atoms with E-state index in [-0.39, 0.29) is 12.5 Å². The first-order valence-electron chi connectivity index (χ1n) is 5.34. The number of hydrogen-bond donors (Lipinski definition) is 2. The second-order valence-corrected chi connectivity index (χ2v) is 4.69. The third-order valence-electron chi connectivity index (χ3n) is 3.10. The van der Waals surface area contributed by atoms with Crippen molar-refractivity contribution in [3.05, 3.63) is 34.9 Å². The highest BCUT2D eigenvalue weighted by molar-refractivity contribution is 6.30. The normalized spacial score (nSPS) is 17.6. The number of amides is 1. The van der Waals surface area contributed by atoms with Crippen LogP contribution in [0.25, 0.3) is 0 Å². The van der Waals surface area contributed by atoms with Gasteiger partial charge in [0.1, 0.15) is 0 Å². The first kappa shape index (κ1) is 11.4. The number of nitrogens with one attached hydrogen (secondary N) is 1. The van der Waals surface area contributed by atoms with Crippen LogP contribution in [0.1, 0.15) is 29.6 Å². The number of halogens is 1. The Morgan fingerprint density at radius 3 is 2.44 bits per heavy atom. The van der Waals surface area contributed by atoms with E-state index in [2.05, 4.69) is 5.32 Å². The lowest BCUT2D eigenvalue weighted by Gasteiger charge is -2.40. The molecule has 2 rings (SSSR count). The molecular weight excluding hydrogens is 226 g/mol. The Bertz CT molecular complexity index is 379. The van der Waals surface area contributed by atoms with Crippen LogP contribution in [0.2, 0.25) is 5.02 Å². The van der Waals surface area contributed by atoms with Gasteiger partial charge in [-0.05, 0) is 43.5 Å². The fourth-order valence-electron chi connectivity index (χ4n) is 1.84. The molecule has 1 aromatic carbocycles. The third kappa shape index (κ3) is 2.20. The van der Waals surface area contributed by atoms with E-state index in [1.165, 1.54) is 0 Å². The summed E-state index contributed by atoms with van der Waals surface area (Å²) in [6, 6.07) is 6.73. The van der Waals surface area contributed by atoms with Gasteiger partial charge in [-0.25, -0.2) is 0 Å². The number of carbonyl (C=O) groups excluding carboxylic acids is 1. The van der Waals surface area contributed by atoms with Crippen molar-refractivity contribution in [2.45, 2.75) is 24.8 Å². The van der Waals surface area contributed by atoms with Gasteiger partial charge in [-0.2, -0.15) is 0 Å². The highest BCUT2D eigenvalue weighted by Crippen LogP contribution is 2.31. The maximum atomic E-state index is 11.9. The molecule has 1 aliphatic rings. The van der Waals surface area contributed by atoms with E-state index in [0.717, 1.165) is 19.3 Å². The summed E-state index contributed by atoms with van der Waals surface area (Å²) in [6.45, 7) is 0.00628. The van der Waals surface area contributed by atoms with E-state index in [4.69, 9.17) is 11.6 Å². The number of aliphatic hydroxyl groups excluding tert-OH is 1. The molecule has 0 aromatic heterocycles. The van der Waals surface area contributed by atoms with Crippen LogP contribution < -0.4 is 5.32 Å². The number of hydrogen-bond acceptors (Lipinski definition) is 2. The summed E-state index contributed by atoms with van der Waals surface area (Å²) in [6.07, 6.45) is 2.76. The zero-order valence-electron chi connectivity index (χ0n) is 8.87. The molecule has 0 unspecified atom stereocenters. The molecule has 0 radical (unpaired) electrons. The number of benzene rings is 1. The van der Waals surface area contributed by atoms with Gasteiger partial charge in [0.25, 0.3) is 5.91 Å². The topological polar surface area (TPSA) is 49.3 Å². The largest absolute Gasteiger partial charge is 0.394 e. The number of rotatable bonds is 3. The molecule has 1 fully saturated rings. The fourth-order valence-corrected chi connectivity index (χ4v) is 1.97. The third-order valence-corrected chi connectivity index (χ3v) is 3.35. The molecule has 4 heteroatoms. The zero-order chi connectivity index (χ0) is 11.6. The molecule has 0 heterocycles. The Hall–Kier alpha value is -1.06. The molecular formula is C12H14ClNO2. The number of aliphatic hydroxyl groups is 1. The Morgan fingerprint density at radius 2 is 2.00 bits per heavy atom. The minimum Gasteiger partial charge on any atom is -0.394 e. The van der Waals surface area contributed by atoms with E-state index < -0.39 is 5.54 Å². The van der Waals surface area contributed by atoms with E-state index >= 15 is 0 Å². The molecule has 1 aromatic rings. The Balaban J connectivity index is 2.05. The lowest BCUT2D eigenvalue weighted by atomic mass is 9.77. The van der Waals surface area contributed by atoms with Gasteiger partial charge in [0.05, 0.1) is 12.1 Å². The molecule has 0 atom stereocenters. The minimum atomic E-state index is -0.392. The van der Waals surface area contributed by atoms with Crippen molar-refractivity contribution >= 4 is 17.5 Å². The number of carbonyl (C=O) groups is 1. The molecule has 1 aliphatic carbocycles. The van der Waals surface area contributed by atoms with Crippen LogP contribution in [-0.2, 0) is 0 Å². The highest BCUT2D eigenvalue weighted by atomic mass is 35.5. The van der Waals surface area contributed by atoms with Gasteiger partial charge < -0.3 is 10.4 Å². The molecule has 1 amide bonds. The summed E-state index contributed by atoms with van der Waals surface area (Å²) in [7, 11) is 0. The van der Waals surface area contributed by atoms with Crippen LogP contribution in [0.15, 0.2) is 24.3 Å². The molecule has 2 N–H and O–H groups in total. The molecule has 16 heavy (non-hydrogen) atoms. The first-order chi connectivity index (χ1) is 7.65. The van der Waals surface area contributed by atoms with Gasteiger partial charge in [-0.1, -0.05) is 11.6 Å². The second kappa shape index (κ2) is 4.44. The van der Waals surface area contributed by atoms with Gasteiger partial charge in [-0.15, -0.1) is 0 Å². The van der Waals surface area contributed by atoms with Crippen molar-refractivity contribution in [3.8, 4) is 0 Å². The van der Waals surface area contributed by atoms with Crippen molar-refractivity contribution < 1.29 is 9.90 Å². The van der Waals surface area contributed by atoms with Gasteiger partial charge in [0, 0.05) is 10.6 Å². The monoisotopic (exact) mass is 239 g/mol. The first-order valence-corrected chi connectivity index (χ1v) is 5.72. The lowest BCUT2D eigenvalue weighted by Crippen LogP contribution is -2.56. The van der Waals surface area contributed by atoms with E-state index in [1.807, 2.05) is 0 Å². The quantitative estimate of drug-likeness (QED) is 0.848. The van der Waals surface area contributed by atoms with E-state index in [0.29, 0.717) is 10.6 Å². The zero-order valence-corrected chi connectivity index (χ0v) is 9.63. The summed E-state index contributed by atoms with van der Waals surface area (Å²) >= 11 is 5.74. The lowest BCUT2D eigenvalue weighted by molar-refractivity contribution is 0.0641. The van der Waals surface area contributed by atoms with Crippen LogP contribution >= 0.6 is 11.6 Å². The Labute approximate surface area is 99.4 Å². The van der Waals surface area contributed by atoms with Crippen molar-refractivity contribution in [1.82, 2.24) is 5.32 Å². The molecule has 0 bridgehead atoms. The van der Waals surface area contributed by atoms with Crippen molar-refractivity contribution in [2.75, 3.05) is 6.61 Å². The highest BCUT2D eigenvalue weighted by Gasteiger charge is 2.37. The van der Waals surface area contributed by atoms with Crippen LogP contribution in [0.3, 0.4) is 0 Å². The summed E-state index contributed by atoms with van der Waals surface area (Å²) in [5, 5.41) is 12.7. The maximum absolute atomic E-state index is 11.9. The molecule has 1 saturated carbocycles. The fraction of sp³-hybridized carbons (Fsp3) is 0.417. The van der Waals surface area contributed by atoms with E-state index in [1.54, 1.807) is 24.3 Å². The van der Waals surface area contributed by atoms with Crippen LogP contribution in [0, 0.1) is 0 Å². The minimum absolute atomic E-state index is 0.00628. The Morgan fingerprint density at radius 1 is 1.38 bits per heavy atom. The predicted octanol–water partition coefficient (Wildman–Crippen LogP) is 1.98. The van der Waals surface area contributed by atoms with Crippen molar-refractivity contribution in [2.24, 2.45) is 0 Å². The van der Waals surface area contributed by atoms with Crippen LogP contribution in [-0.4, -0.2) is 23.2 Å². The standard InChI is InChI=1S/C12H14ClNO2/c13-10-4-2-9(3-5-10)11(16)14-12(8-15)6-1-7-12/h2-5,15H,1,6-8H2,(H,14,16). The smallest absolute Gasteiger partial charge is 0.251 e. The van der Waals surface area contributed by atoms with Crippen LogP contribution in [0.5, 0.6) is 0 Å². The van der Waals surface area contributed by atoms with Gasteiger partial charge >= 0.3 is 0 Å². The van der Waals surface area contributed by atoms with Gasteiger partial charge in [0.15, 0.2) is 0 Å². The summed E-state index contributed by atoms with van der Waals surface area (Å²) in [5.74, 6) is -0.148. The average Bonchev–Trinajstić information content (AvgIpc) is 2.24. The van der Waals surface area contributed by atoms with Crippen molar-refractivity contribution in [3.63, 3.8) is 0 Å². The molecule has 0 spiro atoms. The van der Waals surface area contributed by atoms with Crippen LogP contribution in [0.4, 0.5) is 0 Å². The molecule has 3 nitrogen and oxygen atoms in total. The molecule has 0 saturated heterocycles. The maximum Gasteiger partial charge on any atom is 0.251 e. The van der Waals surface area contributed by atoms with E-state index in [9.17, 15) is 9.90 Å². The summed E-state index contributed by atoms with van der Waals surface area (Å²) in [4.78, 5) is 11.9. The van der Waals surface area contributed by atoms with Gasteiger partial charge in [0.2, 0.25) is 0 Å². The molecule has 86 valence electrons. The average molecular weight is 240 g/mol.